The summed E-state index contributed by atoms with van der Waals surface area (Å²) in [7, 11) is 4.96. The smallest absolute Gasteiger partial charge is 0.224 e. The highest BCUT2D eigenvalue weighted by molar-refractivity contribution is 6.18. The van der Waals surface area contributed by atoms with Crippen molar-refractivity contribution in [2.45, 2.75) is 25.8 Å². The molecule has 1 amide bonds. The van der Waals surface area contributed by atoms with Gasteiger partial charge in [-0.3, -0.25) is 9.69 Å². The van der Waals surface area contributed by atoms with E-state index in [0.29, 0.717) is 30.2 Å². The molecule has 2 aromatic carbocycles. The molecule has 8 heteroatoms. The second-order valence-corrected chi connectivity index (χ2v) is 8.35. The number of amides is 1. The van der Waals surface area contributed by atoms with Crippen LogP contribution in [0, 0.1) is 0 Å². The van der Waals surface area contributed by atoms with Gasteiger partial charge in [0, 0.05) is 55.8 Å². The van der Waals surface area contributed by atoms with E-state index in [1.54, 1.807) is 21.3 Å². The molecule has 2 aromatic rings. The van der Waals surface area contributed by atoms with Gasteiger partial charge in [-0.25, -0.2) is 0 Å². The maximum Gasteiger partial charge on any atom is 0.224 e. The molecule has 0 aliphatic carbocycles. The number of carbonyl (C=O) groups is 1. The van der Waals surface area contributed by atoms with Crippen molar-refractivity contribution in [1.82, 2.24) is 4.90 Å². The van der Waals surface area contributed by atoms with Crippen LogP contribution in [-0.4, -0.2) is 64.2 Å². The van der Waals surface area contributed by atoms with Crippen LogP contribution >= 0.6 is 11.6 Å². The Morgan fingerprint density at radius 2 is 1.70 bits per heavy atom. The molecule has 1 N–H and O–H groups in total. The van der Waals surface area contributed by atoms with Gasteiger partial charge in [0.15, 0.2) is 11.5 Å². The van der Waals surface area contributed by atoms with Crippen molar-refractivity contribution in [2.24, 2.45) is 0 Å². The van der Waals surface area contributed by atoms with Crippen molar-refractivity contribution in [3.05, 3.63) is 42.0 Å². The van der Waals surface area contributed by atoms with Gasteiger partial charge in [-0.1, -0.05) is 12.1 Å². The number of alkyl halides is 1. The first kappa shape index (κ1) is 25.0. The molecule has 0 spiro atoms. The predicted molar refractivity (Wildman–Crippen MR) is 133 cm³/mol. The second kappa shape index (κ2) is 12.0. The van der Waals surface area contributed by atoms with E-state index in [4.69, 9.17) is 25.8 Å². The van der Waals surface area contributed by atoms with E-state index in [-0.39, 0.29) is 11.9 Å². The first-order chi connectivity index (χ1) is 16.0. The molecule has 180 valence electrons. The minimum Gasteiger partial charge on any atom is -0.495 e. The zero-order valence-corrected chi connectivity index (χ0v) is 20.7. The molecule has 0 radical (unpaired) electrons. The fourth-order valence-electron chi connectivity index (χ4n) is 4.34. The molecular formula is C25H34ClN3O4. The van der Waals surface area contributed by atoms with Crippen LogP contribution < -0.4 is 24.4 Å². The Morgan fingerprint density at radius 3 is 2.33 bits per heavy atom. The summed E-state index contributed by atoms with van der Waals surface area (Å²) < 4.78 is 16.8. The Kier molecular flexibility index (Phi) is 9.09. The average molecular weight is 476 g/mol. The van der Waals surface area contributed by atoms with Gasteiger partial charge in [-0.15, -0.1) is 11.6 Å². The van der Waals surface area contributed by atoms with Crippen LogP contribution in [-0.2, 0) is 4.79 Å². The summed E-state index contributed by atoms with van der Waals surface area (Å²) in [6.45, 7) is 5.60. The van der Waals surface area contributed by atoms with Gasteiger partial charge in [0.1, 0.15) is 5.75 Å². The number of nitrogens with zero attached hydrogens (tertiary/aromatic N) is 2. The number of para-hydroxylation sites is 2. The van der Waals surface area contributed by atoms with Crippen molar-refractivity contribution in [3.8, 4) is 17.2 Å². The molecule has 1 fully saturated rings. The lowest BCUT2D eigenvalue weighted by Gasteiger charge is -2.40. The number of halogens is 1. The van der Waals surface area contributed by atoms with Crippen molar-refractivity contribution in [3.63, 3.8) is 0 Å². The van der Waals surface area contributed by atoms with Crippen LogP contribution in [0.25, 0.3) is 0 Å². The number of ether oxygens (including phenoxy) is 3. The fourth-order valence-corrected chi connectivity index (χ4v) is 4.47. The number of benzene rings is 2. The van der Waals surface area contributed by atoms with Crippen molar-refractivity contribution >= 4 is 28.9 Å². The highest BCUT2D eigenvalue weighted by Gasteiger charge is 2.29. The lowest BCUT2D eigenvalue weighted by Crippen LogP contribution is -2.47. The number of hydrogen-bond acceptors (Lipinski definition) is 6. The predicted octanol–water partition coefficient (Wildman–Crippen LogP) is 4.55. The topological polar surface area (TPSA) is 63.3 Å². The molecule has 1 aliphatic rings. The fraction of sp³-hybridized carbons (Fsp3) is 0.480. The average Bonchev–Trinajstić information content (AvgIpc) is 2.86. The molecule has 0 bridgehead atoms. The second-order valence-electron chi connectivity index (χ2n) is 7.97. The lowest BCUT2D eigenvalue weighted by atomic mass is 10.0. The Labute approximate surface area is 201 Å². The molecule has 3 rings (SSSR count). The van der Waals surface area contributed by atoms with Crippen LogP contribution in [0.1, 0.15) is 31.4 Å². The monoisotopic (exact) mass is 475 g/mol. The van der Waals surface area contributed by atoms with Gasteiger partial charge < -0.3 is 24.4 Å². The standard InChI is InChI=1S/C25H34ClN3O4/c1-18(28-14-16-29(17-15-28)20-8-5-6-9-21(20)31-2)24-19(27-23(30)10-7-13-26)11-12-22(32-3)25(24)33-4/h5-6,8-9,11-12,18H,7,10,13-17H2,1-4H3,(H,27,30). The van der Waals surface area contributed by atoms with E-state index in [2.05, 4.69) is 28.1 Å². The number of carbonyl (C=O) groups excluding carboxylic acids is 1. The third-order valence-electron chi connectivity index (χ3n) is 6.10. The third kappa shape index (κ3) is 5.84. The number of hydrogen-bond donors (Lipinski definition) is 1. The maximum atomic E-state index is 12.5. The molecular weight excluding hydrogens is 442 g/mol. The van der Waals surface area contributed by atoms with Crippen LogP contribution in [0.5, 0.6) is 17.2 Å². The molecule has 1 saturated heterocycles. The summed E-state index contributed by atoms with van der Waals surface area (Å²) in [6.07, 6.45) is 1.01. The first-order valence-electron chi connectivity index (χ1n) is 11.3. The SMILES string of the molecule is COc1ccccc1N1CCN(C(C)c2c(NC(=O)CCCCl)ccc(OC)c2OC)CC1. The molecule has 1 unspecified atom stereocenters. The molecule has 7 nitrogen and oxygen atoms in total. The normalized spacial score (nSPS) is 15.1. The van der Waals surface area contributed by atoms with E-state index < -0.39 is 0 Å². The highest BCUT2D eigenvalue weighted by Crippen LogP contribution is 2.42. The quantitative estimate of drug-likeness (QED) is 0.508. The van der Waals surface area contributed by atoms with Crippen LogP contribution in [0.4, 0.5) is 11.4 Å². The van der Waals surface area contributed by atoms with Crippen LogP contribution in [0.15, 0.2) is 36.4 Å². The molecule has 33 heavy (non-hydrogen) atoms. The molecule has 1 heterocycles. The summed E-state index contributed by atoms with van der Waals surface area (Å²) in [5, 5.41) is 3.05. The Hall–Kier alpha value is -2.64. The lowest BCUT2D eigenvalue weighted by molar-refractivity contribution is -0.116. The number of piperazine rings is 1. The van der Waals surface area contributed by atoms with Crippen LogP contribution in [0.3, 0.4) is 0 Å². The number of nitrogens with one attached hydrogen (secondary N) is 1. The van der Waals surface area contributed by atoms with E-state index in [1.165, 1.54) is 0 Å². The Morgan fingerprint density at radius 1 is 1.00 bits per heavy atom. The summed E-state index contributed by atoms with van der Waals surface area (Å²) in [5.74, 6) is 2.57. The number of rotatable bonds is 10. The van der Waals surface area contributed by atoms with Crippen LogP contribution in [0.2, 0.25) is 0 Å². The summed E-state index contributed by atoms with van der Waals surface area (Å²) in [5.41, 5.74) is 2.77. The number of methoxy groups -OCH3 is 3. The minimum absolute atomic E-state index is 0.0122. The highest BCUT2D eigenvalue weighted by atomic mass is 35.5. The van der Waals surface area contributed by atoms with E-state index in [0.717, 1.165) is 48.9 Å². The largest absolute Gasteiger partial charge is 0.495 e. The molecule has 0 saturated carbocycles. The van der Waals surface area contributed by atoms with Crippen molar-refractivity contribution in [2.75, 3.05) is 63.6 Å². The van der Waals surface area contributed by atoms with Crippen molar-refractivity contribution < 1.29 is 19.0 Å². The number of anilines is 2. The zero-order chi connectivity index (χ0) is 23.8. The van der Waals surface area contributed by atoms with Gasteiger partial charge in [0.25, 0.3) is 0 Å². The summed E-state index contributed by atoms with van der Waals surface area (Å²) in [4.78, 5) is 17.2. The Balaban J connectivity index is 1.82. The van der Waals surface area contributed by atoms with Gasteiger partial charge in [0.05, 0.1) is 27.0 Å². The van der Waals surface area contributed by atoms with E-state index in [9.17, 15) is 4.79 Å². The van der Waals surface area contributed by atoms with E-state index >= 15 is 0 Å². The molecule has 0 aromatic heterocycles. The molecule has 1 atom stereocenters. The van der Waals surface area contributed by atoms with Gasteiger partial charge in [-0.05, 0) is 37.6 Å². The third-order valence-corrected chi connectivity index (χ3v) is 6.37. The summed E-state index contributed by atoms with van der Waals surface area (Å²) >= 11 is 5.76. The van der Waals surface area contributed by atoms with E-state index in [1.807, 2.05) is 30.3 Å². The van der Waals surface area contributed by atoms with Crippen molar-refractivity contribution in [1.29, 1.82) is 0 Å². The summed E-state index contributed by atoms with van der Waals surface area (Å²) in [6, 6.07) is 11.8. The Bertz CT molecular complexity index is 932. The van der Waals surface area contributed by atoms with Gasteiger partial charge in [-0.2, -0.15) is 0 Å². The van der Waals surface area contributed by atoms with Gasteiger partial charge >= 0.3 is 0 Å². The molecule has 1 aliphatic heterocycles. The maximum absolute atomic E-state index is 12.5. The van der Waals surface area contributed by atoms with Gasteiger partial charge in [0.2, 0.25) is 5.91 Å². The first-order valence-corrected chi connectivity index (χ1v) is 11.8. The zero-order valence-electron chi connectivity index (χ0n) is 19.9. The minimum atomic E-state index is -0.0580.